The van der Waals surface area contributed by atoms with Gasteiger partial charge in [0.05, 0.1) is 12.5 Å². The summed E-state index contributed by atoms with van der Waals surface area (Å²) in [6.45, 7) is 0. The molecule has 2 aromatic rings. The Kier molecular flexibility index (Phi) is 2.53. The highest BCUT2D eigenvalue weighted by Crippen LogP contribution is 2.30. The molecule has 0 atom stereocenters. The Morgan fingerprint density at radius 1 is 1.43 bits per heavy atom. The molecule has 0 aliphatic carbocycles. The Morgan fingerprint density at radius 2 is 2.21 bits per heavy atom. The molecule has 1 heterocycles. The summed E-state index contributed by atoms with van der Waals surface area (Å²) in [6.07, 6.45) is 0.312. The van der Waals surface area contributed by atoms with Gasteiger partial charge in [0.2, 0.25) is 0 Å². The van der Waals surface area contributed by atoms with Crippen LogP contribution in [-0.2, 0) is 6.42 Å². The van der Waals surface area contributed by atoms with Gasteiger partial charge in [-0.15, -0.1) is 11.3 Å². The Bertz CT molecular complexity index is 527. The monoisotopic (exact) mass is 269 g/mol. The van der Waals surface area contributed by atoms with E-state index in [2.05, 4.69) is 22.0 Å². The quantitative estimate of drug-likeness (QED) is 0.771. The third-order valence-corrected chi connectivity index (χ3v) is 3.26. The average Bonchev–Trinajstić information content (AvgIpc) is 2.45. The largest absolute Gasteiger partial charge is 0.198 e. The zero-order chi connectivity index (χ0) is 10.1. The van der Waals surface area contributed by atoms with Gasteiger partial charge in [-0.05, 0) is 29.1 Å². The summed E-state index contributed by atoms with van der Waals surface area (Å²) >= 11 is 4.44. The normalized spacial score (nSPS) is 10.4. The summed E-state index contributed by atoms with van der Waals surface area (Å²) in [5, 5.41) is 9.26. The van der Waals surface area contributed by atoms with Gasteiger partial charge in [0.15, 0.2) is 5.13 Å². The van der Waals surface area contributed by atoms with E-state index in [9.17, 15) is 4.39 Å². The number of nitrogens with zero attached hydrogens (tertiary/aromatic N) is 1. The number of halogens is 2. The molecule has 0 aliphatic heterocycles. The molecule has 0 bridgehead atoms. The van der Waals surface area contributed by atoms with Crippen LogP contribution < -0.4 is 0 Å². The molecule has 70 valence electrons. The van der Waals surface area contributed by atoms with E-state index >= 15 is 0 Å². The molecule has 0 N–H and O–H groups in total. The second-order valence-electron chi connectivity index (χ2n) is 2.86. The summed E-state index contributed by atoms with van der Waals surface area (Å²) < 4.78 is 14.8. The van der Waals surface area contributed by atoms with Crippen LogP contribution in [-0.4, -0.2) is 0 Å². The Morgan fingerprint density at radius 3 is 2.93 bits per heavy atom. The zero-order valence-electron chi connectivity index (χ0n) is 7.05. The number of rotatable bonds is 1. The van der Waals surface area contributed by atoms with Crippen LogP contribution in [0.4, 0.5) is 4.39 Å². The molecule has 0 unspecified atom stereocenters. The fourth-order valence-electron chi connectivity index (χ4n) is 1.37. The Hall–Kier alpha value is -0.920. The lowest BCUT2D eigenvalue weighted by Crippen LogP contribution is -1.82. The smallest absolute Gasteiger partial charge is 0.177 e. The van der Waals surface area contributed by atoms with Crippen molar-refractivity contribution in [2.75, 3.05) is 0 Å². The minimum atomic E-state index is -0.211. The van der Waals surface area contributed by atoms with Gasteiger partial charge in [-0.3, -0.25) is 0 Å². The minimum Gasteiger partial charge on any atom is -0.198 e. The lowest BCUT2D eigenvalue weighted by molar-refractivity contribution is 0.658. The van der Waals surface area contributed by atoms with E-state index in [0.717, 1.165) is 31.5 Å². The van der Waals surface area contributed by atoms with Gasteiger partial charge in [-0.2, -0.15) is 9.65 Å². The van der Waals surface area contributed by atoms with Crippen molar-refractivity contribution in [1.82, 2.24) is 0 Å². The van der Waals surface area contributed by atoms with Gasteiger partial charge >= 0.3 is 0 Å². The molecule has 0 fully saturated rings. The predicted molar refractivity (Wildman–Crippen MR) is 58.8 cm³/mol. The highest BCUT2D eigenvalue weighted by Gasteiger charge is 2.07. The second kappa shape index (κ2) is 3.68. The number of hydrogen-bond acceptors (Lipinski definition) is 2. The molecule has 4 heteroatoms. The predicted octanol–water partition coefficient (Wildman–Crippen LogP) is 3.87. The first-order valence-corrected chi connectivity index (χ1v) is 5.56. The van der Waals surface area contributed by atoms with E-state index in [1.807, 2.05) is 12.1 Å². The maximum Gasteiger partial charge on any atom is 0.177 e. The number of hydrogen-bond donors (Lipinski definition) is 0. The maximum atomic E-state index is 13.0. The van der Waals surface area contributed by atoms with Gasteiger partial charge in [-0.1, -0.05) is 15.9 Å². The highest BCUT2D eigenvalue weighted by atomic mass is 79.9. The van der Waals surface area contributed by atoms with Crippen molar-refractivity contribution in [1.29, 1.82) is 5.26 Å². The van der Waals surface area contributed by atoms with Crippen molar-refractivity contribution in [2.45, 2.75) is 6.42 Å². The fourth-order valence-corrected chi connectivity index (χ4v) is 2.90. The lowest BCUT2D eigenvalue weighted by Gasteiger charge is -1.98. The summed E-state index contributed by atoms with van der Waals surface area (Å²) in [4.78, 5) is 0. The van der Waals surface area contributed by atoms with Crippen LogP contribution >= 0.6 is 27.3 Å². The molecule has 0 aliphatic rings. The van der Waals surface area contributed by atoms with Crippen LogP contribution in [0, 0.1) is 16.5 Å². The number of fused-ring (bicyclic) bond motifs is 1. The van der Waals surface area contributed by atoms with Crippen molar-refractivity contribution in [3.05, 3.63) is 33.4 Å². The standard InChI is InChI=1S/C10H5BrFNS/c11-7-3-6(1-2-13)8-5-10(12)14-9(8)4-7/h3-5H,1H2. The molecule has 1 nitrogen and oxygen atoms in total. The van der Waals surface area contributed by atoms with E-state index in [1.165, 1.54) is 6.07 Å². The van der Waals surface area contributed by atoms with E-state index in [-0.39, 0.29) is 5.13 Å². The van der Waals surface area contributed by atoms with Crippen molar-refractivity contribution in [3.63, 3.8) is 0 Å². The van der Waals surface area contributed by atoms with Crippen molar-refractivity contribution < 1.29 is 4.39 Å². The summed E-state index contributed by atoms with van der Waals surface area (Å²) in [6, 6.07) is 7.28. The van der Waals surface area contributed by atoms with Gasteiger partial charge in [0, 0.05) is 9.17 Å². The van der Waals surface area contributed by atoms with E-state index in [0.29, 0.717) is 6.42 Å². The van der Waals surface area contributed by atoms with Crippen LogP contribution in [0.5, 0.6) is 0 Å². The van der Waals surface area contributed by atoms with E-state index in [1.54, 1.807) is 0 Å². The zero-order valence-corrected chi connectivity index (χ0v) is 9.45. The first-order chi connectivity index (χ1) is 6.70. The number of thiophene rings is 1. The molecular formula is C10H5BrFNS. The molecule has 0 saturated carbocycles. The Balaban J connectivity index is 2.74. The Labute approximate surface area is 92.9 Å². The summed E-state index contributed by atoms with van der Waals surface area (Å²) in [7, 11) is 0. The molecule has 0 radical (unpaired) electrons. The number of benzene rings is 1. The van der Waals surface area contributed by atoms with E-state index < -0.39 is 0 Å². The van der Waals surface area contributed by atoms with Crippen LogP contribution in [0.15, 0.2) is 22.7 Å². The van der Waals surface area contributed by atoms with Crippen molar-refractivity contribution >= 4 is 37.4 Å². The van der Waals surface area contributed by atoms with Crippen molar-refractivity contribution in [3.8, 4) is 6.07 Å². The third kappa shape index (κ3) is 1.66. The molecule has 14 heavy (non-hydrogen) atoms. The average molecular weight is 270 g/mol. The number of nitriles is 1. The van der Waals surface area contributed by atoms with Crippen molar-refractivity contribution in [2.24, 2.45) is 0 Å². The maximum absolute atomic E-state index is 13.0. The van der Waals surface area contributed by atoms with Crippen LogP contribution in [0.2, 0.25) is 0 Å². The third-order valence-electron chi connectivity index (χ3n) is 1.93. The van der Waals surface area contributed by atoms with Crippen LogP contribution in [0.3, 0.4) is 0 Å². The molecule has 0 saturated heterocycles. The molecular weight excluding hydrogens is 265 g/mol. The van der Waals surface area contributed by atoms with Gasteiger partial charge in [-0.25, -0.2) is 0 Å². The minimum absolute atomic E-state index is 0.211. The first-order valence-electron chi connectivity index (χ1n) is 3.95. The van der Waals surface area contributed by atoms with Gasteiger partial charge in [0.1, 0.15) is 0 Å². The van der Waals surface area contributed by atoms with Gasteiger partial charge in [0.25, 0.3) is 0 Å². The first kappa shape index (κ1) is 9.63. The SMILES string of the molecule is N#CCc1cc(Br)cc2sc(F)cc12. The molecule has 0 spiro atoms. The summed E-state index contributed by atoms with van der Waals surface area (Å²) in [5.74, 6) is 0. The topological polar surface area (TPSA) is 23.8 Å². The van der Waals surface area contributed by atoms with Crippen LogP contribution in [0.25, 0.3) is 10.1 Å². The fraction of sp³-hybridized carbons (Fsp3) is 0.100. The van der Waals surface area contributed by atoms with E-state index in [4.69, 9.17) is 5.26 Å². The van der Waals surface area contributed by atoms with Crippen LogP contribution in [0.1, 0.15) is 5.56 Å². The molecule has 2 rings (SSSR count). The highest BCUT2D eigenvalue weighted by molar-refractivity contribution is 9.10. The lowest BCUT2D eigenvalue weighted by atomic mass is 10.1. The summed E-state index contributed by atoms with van der Waals surface area (Å²) in [5.41, 5.74) is 0.872. The molecule has 1 aromatic heterocycles. The molecule has 0 amide bonds. The molecule has 1 aromatic carbocycles. The van der Waals surface area contributed by atoms with Gasteiger partial charge < -0.3 is 0 Å². The second-order valence-corrected chi connectivity index (χ2v) is 4.81.